The number of nitrogens with one attached hydrogen (secondary N) is 1. The third-order valence-electron chi connectivity index (χ3n) is 1.62. The molecule has 0 spiro atoms. The first kappa shape index (κ1) is 7.78. The van der Waals surface area contributed by atoms with Gasteiger partial charge >= 0.3 is 0 Å². The SMILES string of the molecule is Cc1nc(C)c(-c2nc(N)n[nH]2)o1. The van der Waals surface area contributed by atoms with Gasteiger partial charge in [-0.25, -0.2) is 4.98 Å². The molecule has 2 aromatic heterocycles. The Morgan fingerprint density at radius 3 is 2.54 bits per heavy atom. The van der Waals surface area contributed by atoms with Crippen LogP contribution in [0.5, 0.6) is 0 Å². The summed E-state index contributed by atoms with van der Waals surface area (Å²) in [4.78, 5) is 8.03. The van der Waals surface area contributed by atoms with Gasteiger partial charge in [-0.1, -0.05) is 0 Å². The van der Waals surface area contributed by atoms with Gasteiger partial charge in [-0.05, 0) is 6.92 Å². The second-order valence-corrected chi connectivity index (χ2v) is 2.69. The molecule has 0 aliphatic carbocycles. The highest BCUT2D eigenvalue weighted by molar-refractivity contribution is 5.50. The number of aromatic nitrogens is 4. The summed E-state index contributed by atoms with van der Waals surface area (Å²) in [5, 5.41) is 6.35. The van der Waals surface area contributed by atoms with Crippen LogP contribution in [0, 0.1) is 13.8 Å². The maximum Gasteiger partial charge on any atom is 0.239 e. The van der Waals surface area contributed by atoms with Gasteiger partial charge in [-0.2, -0.15) is 4.98 Å². The molecular formula is C7H9N5O. The molecule has 0 bridgehead atoms. The van der Waals surface area contributed by atoms with Crippen LogP contribution in [0.1, 0.15) is 11.6 Å². The zero-order chi connectivity index (χ0) is 9.42. The number of nitrogen functional groups attached to an aromatic ring is 1. The van der Waals surface area contributed by atoms with Crippen LogP contribution < -0.4 is 5.73 Å². The summed E-state index contributed by atoms with van der Waals surface area (Å²) >= 11 is 0. The number of nitrogens with zero attached hydrogens (tertiary/aromatic N) is 3. The van der Waals surface area contributed by atoms with Crippen molar-refractivity contribution in [2.45, 2.75) is 13.8 Å². The Labute approximate surface area is 74.2 Å². The summed E-state index contributed by atoms with van der Waals surface area (Å²) in [5.41, 5.74) is 6.13. The van der Waals surface area contributed by atoms with E-state index in [0.29, 0.717) is 17.5 Å². The first-order valence-corrected chi connectivity index (χ1v) is 3.79. The van der Waals surface area contributed by atoms with E-state index in [4.69, 9.17) is 10.2 Å². The first-order chi connectivity index (χ1) is 6.16. The zero-order valence-corrected chi connectivity index (χ0v) is 7.33. The summed E-state index contributed by atoms with van der Waals surface area (Å²) in [6.07, 6.45) is 0. The third kappa shape index (κ3) is 1.26. The number of hydrogen-bond donors (Lipinski definition) is 2. The minimum atomic E-state index is 0.198. The summed E-state index contributed by atoms with van der Waals surface area (Å²) in [5.74, 6) is 1.89. The van der Waals surface area contributed by atoms with E-state index in [-0.39, 0.29) is 5.95 Å². The fraction of sp³-hybridized carbons (Fsp3) is 0.286. The maximum atomic E-state index is 5.36. The number of oxazole rings is 1. The highest BCUT2D eigenvalue weighted by Crippen LogP contribution is 2.20. The van der Waals surface area contributed by atoms with Crippen molar-refractivity contribution in [2.75, 3.05) is 5.73 Å². The van der Waals surface area contributed by atoms with Crippen LogP contribution in [0.15, 0.2) is 4.42 Å². The van der Waals surface area contributed by atoms with Crippen molar-refractivity contribution in [3.8, 4) is 11.6 Å². The number of aryl methyl sites for hydroxylation is 2. The van der Waals surface area contributed by atoms with Crippen molar-refractivity contribution in [1.29, 1.82) is 0 Å². The standard InChI is InChI=1S/C7H9N5O/c1-3-5(13-4(2)9-3)6-10-7(8)12-11-6/h1-2H3,(H3,8,10,11,12). The van der Waals surface area contributed by atoms with E-state index in [9.17, 15) is 0 Å². The largest absolute Gasteiger partial charge is 0.437 e. The molecule has 2 rings (SSSR count). The minimum Gasteiger partial charge on any atom is -0.437 e. The Bertz CT molecular complexity index is 430. The Morgan fingerprint density at radius 1 is 1.31 bits per heavy atom. The molecule has 2 aromatic rings. The van der Waals surface area contributed by atoms with Crippen LogP contribution in [-0.2, 0) is 0 Å². The number of aromatic amines is 1. The van der Waals surface area contributed by atoms with Gasteiger partial charge in [0, 0.05) is 6.92 Å². The number of rotatable bonds is 1. The van der Waals surface area contributed by atoms with E-state index in [2.05, 4.69) is 20.2 Å². The number of anilines is 1. The Hall–Kier alpha value is -1.85. The Balaban J connectivity index is 2.51. The van der Waals surface area contributed by atoms with Gasteiger partial charge in [0.15, 0.2) is 17.5 Å². The normalized spacial score (nSPS) is 10.6. The quantitative estimate of drug-likeness (QED) is 0.670. The molecule has 0 aliphatic rings. The topological polar surface area (TPSA) is 93.6 Å². The van der Waals surface area contributed by atoms with E-state index in [1.807, 2.05) is 6.92 Å². The smallest absolute Gasteiger partial charge is 0.239 e. The number of nitrogens with two attached hydrogens (primary N) is 1. The molecule has 6 nitrogen and oxygen atoms in total. The number of hydrogen-bond acceptors (Lipinski definition) is 5. The van der Waals surface area contributed by atoms with Crippen molar-refractivity contribution in [3.05, 3.63) is 11.6 Å². The highest BCUT2D eigenvalue weighted by Gasteiger charge is 2.12. The molecule has 6 heteroatoms. The molecule has 2 heterocycles. The van der Waals surface area contributed by atoms with Crippen LogP contribution in [0.2, 0.25) is 0 Å². The molecule has 0 saturated heterocycles. The lowest BCUT2D eigenvalue weighted by Crippen LogP contribution is -1.85. The molecule has 0 saturated carbocycles. The van der Waals surface area contributed by atoms with E-state index in [1.165, 1.54) is 0 Å². The van der Waals surface area contributed by atoms with Gasteiger partial charge < -0.3 is 10.2 Å². The summed E-state index contributed by atoms with van der Waals surface area (Å²) in [7, 11) is 0. The predicted octanol–water partition coefficient (Wildman–Crippen LogP) is 0.659. The Morgan fingerprint density at radius 2 is 2.08 bits per heavy atom. The Kier molecular flexibility index (Phi) is 1.54. The van der Waals surface area contributed by atoms with Crippen molar-refractivity contribution in [2.24, 2.45) is 0 Å². The van der Waals surface area contributed by atoms with Gasteiger partial charge in [-0.15, -0.1) is 5.10 Å². The second kappa shape index (κ2) is 2.58. The van der Waals surface area contributed by atoms with Gasteiger partial charge in [0.25, 0.3) is 0 Å². The summed E-state index contributed by atoms with van der Waals surface area (Å²) in [6, 6.07) is 0. The van der Waals surface area contributed by atoms with Gasteiger partial charge in [0.2, 0.25) is 5.95 Å². The molecule has 0 fully saturated rings. The summed E-state index contributed by atoms with van der Waals surface area (Å²) in [6.45, 7) is 3.61. The average molecular weight is 179 g/mol. The zero-order valence-electron chi connectivity index (χ0n) is 7.33. The monoisotopic (exact) mass is 179 g/mol. The van der Waals surface area contributed by atoms with E-state index in [0.717, 1.165) is 5.69 Å². The molecule has 3 N–H and O–H groups in total. The molecule has 13 heavy (non-hydrogen) atoms. The van der Waals surface area contributed by atoms with E-state index >= 15 is 0 Å². The van der Waals surface area contributed by atoms with Crippen molar-refractivity contribution in [3.63, 3.8) is 0 Å². The molecule has 0 atom stereocenters. The molecule has 68 valence electrons. The lowest BCUT2D eigenvalue weighted by molar-refractivity contribution is 0.530. The van der Waals surface area contributed by atoms with E-state index in [1.54, 1.807) is 6.92 Å². The second-order valence-electron chi connectivity index (χ2n) is 2.69. The average Bonchev–Trinajstić information content (AvgIpc) is 2.58. The lowest BCUT2D eigenvalue weighted by atomic mass is 10.3. The van der Waals surface area contributed by atoms with Gasteiger partial charge in [-0.3, -0.25) is 5.10 Å². The van der Waals surface area contributed by atoms with Crippen LogP contribution >= 0.6 is 0 Å². The first-order valence-electron chi connectivity index (χ1n) is 3.79. The van der Waals surface area contributed by atoms with Crippen LogP contribution in [-0.4, -0.2) is 20.2 Å². The third-order valence-corrected chi connectivity index (χ3v) is 1.62. The predicted molar refractivity (Wildman–Crippen MR) is 45.8 cm³/mol. The molecule has 0 amide bonds. The van der Waals surface area contributed by atoms with Gasteiger partial charge in [0.05, 0.1) is 5.69 Å². The van der Waals surface area contributed by atoms with Crippen LogP contribution in [0.4, 0.5) is 5.95 Å². The van der Waals surface area contributed by atoms with Gasteiger partial charge in [0.1, 0.15) is 0 Å². The fourth-order valence-corrected chi connectivity index (χ4v) is 1.13. The molecule has 0 radical (unpaired) electrons. The lowest BCUT2D eigenvalue weighted by Gasteiger charge is -1.87. The maximum absolute atomic E-state index is 5.36. The molecule has 0 aromatic carbocycles. The van der Waals surface area contributed by atoms with Crippen LogP contribution in [0.25, 0.3) is 11.6 Å². The highest BCUT2D eigenvalue weighted by atomic mass is 16.4. The fourth-order valence-electron chi connectivity index (χ4n) is 1.13. The van der Waals surface area contributed by atoms with Crippen molar-refractivity contribution in [1.82, 2.24) is 20.2 Å². The summed E-state index contributed by atoms with van der Waals surface area (Å²) < 4.78 is 5.31. The van der Waals surface area contributed by atoms with Crippen molar-refractivity contribution < 1.29 is 4.42 Å². The molecular weight excluding hydrogens is 170 g/mol. The minimum absolute atomic E-state index is 0.198. The number of H-pyrrole nitrogens is 1. The molecule has 0 unspecified atom stereocenters. The molecule has 0 aliphatic heterocycles. The van der Waals surface area contributed by atoms with Crippen molar-refractivity contribution >= 4 is 5.95 Å². The van der Waals surface area contributed by atoms with E-state index < -0.39 is 0 Å². The van der Waals surface area contributed by atoms with Crippen LogP contribution in [0.3, 0.4) is 0 Å².